The molecule has 0 aliphatic carbocycles. The predicted octanol–water partition coefficient (Wildman–Crippen LogP) is 8.73. The van der Waals surface area contributed by atoms with Crippen molar-refractivity contribution in [3.05, 3.63) is 12.3 Å². The van der Waals surface area contributed by atoms with Gasteiger partial charge in [-0.2, -0.15) is 4.98 Å². The van der Waals surface area contributed by atoms with Crippen molar-refractivity contribution in [2.75, 3.05) is 73.6 Å². The summed E-state index contributed by atoms with van der Waals surface area (Å²) in [6.07, 6.45) is 10.8. The van der Waals surface area contributed by atoms with Gasteiger partial charge in [0.25, 0.3) is 0 Å². The molecule has 0 aliphatic rings. The summed E-state index contributed by atoms with van der Waals surface area (Å²) < 4.78 is 10.7. The summed E-state index contributed by atoms with van der Waals surface area (Å²) in [6.45, 7) is 10.7. The van der Waals surface area contributed by atoms with Crippen molar-refractivity contribution >= 4 is 67.1 Å². The first kappa shape index (κ1) is 39.8. The van der Waals surface area contributed by atoms with Gasteiger partial charge in [-0.3, -0.25) is 5.32 Å². The molecule has 2 atom stereocenters. The Bertz CT molecular complexity index is 874. The summed E-state index contributed by atoms with van der Waals surface area (Å²) in [5.74, 6) is 6.14. The van der Waals surface area contributed by atoms with Crippen LogP contribution in [0.3, 0.4) is 0 Å². The molecular weight excluding hydrogens is 623 g/mol. The van der Waals surface area contributed by atoms with Crippen LogP contribution in [0, 0.1) is 11.8 Å². The van der Waals surface area contributed by atoms with Crippen LogP contribution in [0.2, 0.25) is 0 Å². The fourth-order valence-electron chi connectivity index (χ4n) is 3.90. The molecule has 43 heavy (non-hydrogen) atoms. The average molecular weight is 678 g/mol. The quantitative estimate of drug-likeness (QED) is 0.0795. The Balaban J connectivity index is 2.26. The highest BCUT2D eigenvalue weighted by atomic mass is 33.1. The number of unbranched alkanes of at least 4 members (excludes halogenated alkanes) is 2. The number of likely N-dealkylation sites (N-methyl/N-ethyl adjacent to an activating group) is 2. The Morgan fingerprint density at radius 3 is 2.00 bits per heavy atom. The minimum atomic E-state index is -0.569. The molecule has 0 aromatic carbocycles. The number of hydrogen-bond acceptors (Lipinski definition) is 11. The van der Waals surface area contributed by atoms with Gasteiger partial charge in [0.1, 0.15) is 19.0 Å². The SMILES string of the molecule is CCCCC(CC)CSSCCOC(=O)Nc1nccc(N(C)CCN(C)C(=O)OCCSSCC(CC)CCCC)n1. The number of ether oxygens (including phenoxy) is 2. The van der Waals surface area contributed by atoms with E-state index in [1.807, 2.05) is 33.5 Å². The van der Waals surface area contributed by atoms with E-state index in [4.69, 9.17) is 9.47 Å². The summed E-state index contributed by atoms with van der Waals surface area (Å²) in [5.41, 5.74) is 0. The molecule has 0 saturated heterocycles. The number of anilines is 2. The third-order valence-electron chi connectivity index (χ3n) is 6.98. The molecular formula is C30H55N5O4S4. The van der Waals surface area contributed by atoms with E-state index in [0.29, 0.717) is 32.1 Å². The Labute approximate surface area is 276 Å². The number of hydrogen-bond donors (Lipinski definition) is 1. The van der Waals surface area contributed by atoms with Crippen molar-refractivity contribution in [1.82, 2.24) is 14.9 Å². The van der Waals surface area contributed by atoms with Crippen molar-refractivity contribution in [2.45, 2.75) is 79.1 Å². The second-order valence-corrected chi connectivity index (χ2v) is 15.8. The molecule has 0 aliphatic heterocycles. The fraction of sp³-hybridized carbons (Fsp3) is 0.800. The molecule has 0 fully saturated rings. The van der Waals surface area contributed by atoms with E-state index < -0.39 is 6.09 Å². The zero-order valence-electron chi connectivity index (χ0n) is 27.2. The lowest BCUT2D eigenvalue weighted by atomic mass is 10.0. The average Bonchev–Trinajstić information content (AvgIpc) is 3.01. The summed E-state index contributed by atoms with van der Waals surface area (Å²) in [5, 5.41) is 2.60. The minimum absolute atomic E-state index is 0.178. The summed E-state index contributed by atoms with van der Waals surface area (Å²) in [4.78, 5) is 36.6. The number of rotatable bonds is 25. The van der Waals surface area contributed by atoms with E-state index in [1.165, 1.54) is 51.4 Å². The van der Waals surface area contributed by atoms with E-state index in [2.05, 4.69) is 43.0 Å². The summed E-state index contributed by atoms with van der Waals surface area (Å²) in [7, 11) is 10.9. The van der Waals surface area contributed by atoms with Gasteiger partial charge in [0.2, 0.25) is 5.95 Å². The predicted molar refractivity (Wildman–Crippen MR) is 191 cm³/mol. The zero-order valence-corrected chi connectivity index (χ0v) is 30.4. The van der Waals surface area contributed by atoms with E-state index in [9.17, 15) is 9.59 Å². The zero-order chi connectivity index (χ0) is 31.7. The highest BCUT2D eigenvalue weighted by Gasteiger charge is 2.14. The molecule has 1 aromatic heterocycles. The van der Waals surface area contributed by atoms with Crippen LogP contribution in [0.15, 0.2) is 12.3 Å². The molecule has 1 rings (SSSR count). The van der Waals surface area contributed by atoms with Gasteiger partial charge in [0.05, 0.1) is 0 Å². The van der Waals surface area contributed by atoms with Crippen molar-refractivity contribution in [1.29, 1.82) is 0 Å². The van der Waals surface area contributed by atoms with Crippen molar-refractivity contribution in [3.8, 4) is 0 Å². The van der Waals surface area contributed by atoms with E-state index in [1.54, 1.807) is 45.8 Å². The molecule has 9 nitrogen and oxygen atoms in total. The first-order valence-corrected chi connectivity index (χ1v) is 20.7. The fourth-order valence-corrected chi connectivity index (χ4v) is 8.67. The monoisotopic (exact) mass is 677 g/mol. The van der Waals surface area contributed by atoms with Gasteiger partial charge >= 0.3 is 12.2 Å². The summed E-state index contributed by atoms with van der Waals surface area (Å²) in [6, 6.07) is 1.76. The maximum absolute atomic E-state index is 12.4. The van der Waals surface area contributed by atoms with Crippen LogP contribution in [0.1, 0.15) is 79.1 Å². The van der Waals surface area contributed by atoms with Crippen LogP contribution in [0.5, 0.6) is 0 Å². The lowest BCUT2D eigenvalue weighted by Crippen LogP contribution is -2.35. The summed E-state index contributed by atoms with van der Waals surface area (Å²) >= 11 is 0. The Kier molecular flexibility index (Phi) is 24.2. The Morgan fingerprint density at radius 2 is 1.44 bits per heavy atom. The molecule has 0 radical (unpaired) electrons. The molecule has 2 unspecified atom stereocenters. The maximum atomic E-state index is 12.4. The molecule has 1 N–H and O–H groups in total. The van der Waals surface area contributed by atoms with Crippen LogP contribution < -0.4 is 10.2 Å². The van der Waals surface area contributed by atoms with Crippen LogP contribution in [0.25, 0.3) is 0 Å². The molecule has 2 amide bonds. The molecule has 1 heterocycles. The Hall–Kier alpha value is -1.18. The highest BCUT2D eigenvalue weighted by molar-refractivity contribution is 8.77. The van der Waals surface area contributed by atoms with Crippen LogP contribution in [0.4, 0.5) is 21.4 Å². The normalized spacial score (nSPS) is 12.4. The first-order valence-electron chi connectivity index (χ1n) is 15.7. The van der Waals surface area contributed by atoms with Crippen molar-refractivity contribution in [3.63, 3.8) is 0 Å². The van der Waals surface area contributed by atoms with Gasteiger partial charge in [-0.15, -0.1) is 0 Å². The number of aromatic nitrogens is 2. The molecule has 13 heteroatoms. The number of nitrogens with one attached hydrogen (secondary N) is 1. The molecule has 248 valence electrons. The van der Waals surface area contributed by atoms with Crippen molar-refractivity contribution < 1.29 is 19.1 Å². The first-order chi connectivity index (χ1) is 20.8. The minimum Gasteiger partial charge on any atom is -0.449 e. The third-order valence-corrected chi connectivity index (χ3v) is 12.0. The molecule has 1 aromatic rings. The van der Waals surface area contributed by atoms with Gasteiger partial charge in [0, 0.05) is 56.4 Å². The van der Waals surface area contributed by atoms with E-state index in [-0.39, 0.29) is 12.0 Å². The molecule has 0 bridgehead atoms. The van der Waals surface area contributed by atoms with Crippen LogP contribution in [-0.4, -0.2) is 90.5 Å². The number of nitrogens with zero attached hydrogens (tertiary/aromatic N) is 4. The second kappa shape index (κ2) is 26.1. The number of carbonyl (C=O) groups excluding carboxylic acids is 2. The van der Waals surface area contributed by atoms with Gasteiger partial charge in [-0.25, -0.2) is 14.6 Å². The van der Waals surface area contributed by atoms with Gasteiger partial charge < -0.3 is 19.3 Å². The van der Waals surface area contributed by atoms with Gasteiger partial charge in [-0.1, -0.05) is 109 Å². The van der Waals surface area contributed by atoms with Crippen LogP contribution in [-0.2, 0) is 9.47 Å². The van der Waals surface area contributed by atoms with Crippen molar-refractivity contribution in [2.24, 2.45) is 11.8 Å². The lowest BCUT2D eigenvalue weighted by Gasteiger charge is -2.23. The largest absolute Gasteiger partial charge is 0.449 e. The standard InChI is InChI=1S/C30H55N5O4S4/c1-7-11-13-25(9-3)23-42-40-21-19-38-29(36)33-28-31-16-15-27(32-28)34(5)17-18-35(6)30(37)39-20-22-41-43-24-26(10-4)14-12-8-2/h15-16,25-26H,7-14,17-24H2,1-6H3,(H,31,32,33,36). The maximum Gasteiger partial charge on any atom is 0.414 e. The topological polar surface area (TPSA) is 96.9 Å². The van der Waals surface area contributed by atoms with Gasteiger partial charge in [-0.05, 0) is 30.7 Å². The third kappa shape index (κ3) is 19.7. The highest BCUT2D eigenvalue weighted by Crippen LogP contribution is 2.28. The Morgan fingerprint density at radius 1 is 0.860 bits per heavy atom. The van der Waals surface area contributed by atoms with Crippen LogP contribution >= 0.6 is 43.2 Å². The van der Waals surface area contributed by atoms with E-state index >= 15 is 0 Å². The van der Waals surface area contributed by atoms with E-state index in [0.717, 1.165) is 34.8 Å². The molecule has 0 spiro atoms. The second-order valence-electron chi connectivity index (χ2n) is 10.5. The lowest BCUT2D eigenvalue weighted by molar-refractivity contribution is 0.118. The van der Waals surface area contributed by atoms with Gasteiger partial charge in [0.15, 0.2) is 0 Å². The number of amides is 2. The smallest absolute Gasteiger partial charge is 0.414 e. The number of carbonyl (C=O) groups is 2. The molecule has 0 saturated carbocycles.